The Labute approximate surface area is 177 Å². The molecular formula is C21H16N4O3S2. The van der Waals surface area contributed by atoms with Crippen molar-refractivity contribution in [3.8, 4) is 10.6 Å². The smallest absolute Gasteiger partial charge is 0.261 e. The maximum Gasteiger partial charge on any atom is 0.261 e. The van der Waals surface area contributed by atoms with Crippen LogP contribution in [0.1, 0.15) is 10.4 Å². The maximum atomic E-state index is 12.5. The summed E-state index contributed by atoms with van der Waals surface area (Å²) in [6.07, 6.45) is 0. The van der Waals surface area contributed by atoms with Gasteiger partial charge in [-0.15, -0.1) is 10.2 Å². The van der Waals surface area contributed by atoms with E-state index in [1.807, 2.05) is 30.3 Å². The summed E-state index contributed by atoms with van der Waals surface area (Å²) in [5, 5.41) is 11.9. The van der Waals surface area contributed by atoms with Crippen LogP contribution < -0.4 is 10.0 Å². The quantitative estimate of drug-likeness (QED) is 0.470. The third-order valence-corrected chi connectivity index (χ3v) is 6.40. The number of anilines is 2. The van der Waals surface area contributed by atoms with Crippen LogP contribution in [0.2, 0.25) is 0 Å². The molecule has 0 saturated carbocycles. The summed E-state index contributed by atoms with van der Waals surface area (Å²) in [7, 11) is -3.69. The third kappa shape index (κ3) is 4.53. The number of rotatable bonds is 6. The Balaban J connectivity index is 1.43. The molecule has 7 nitrogen and oxygen atoms in total. The van der Waals surface area contributed by atoms with Crippen molar-refractivity contribution in [2.24, 2.45) is 0 Å². The Morgan fingerprint density at radius 2 is 1.43 bits per heavy atom. The Kier molecular flexibility index (Phi) is 5.55. The summed E-state index contributed by atoms with van der Waals surface area (Å²) in [5.41, 5.74) is 1.65. The van der Waals surface area contributed by atoms with E-state index in [-0.39, 0.29) is 10.8 Å². The molecule has 0 unspecified atom stereocenters. The van der Waals surface area contributed by atoms with Gasteiger partial charge < -0.3 is 0 Å². The van der Waals surface area contributed by atoms with Crippen molar-refractivity contribution in [1.82, 2.24) is 10.2 Å². The summed E-state index contributed by atoms with van der Waals surface area (Å²) < 4.78 is 27.2. The molecule has 9 heteroatoms. The molecule has 30 heavy (non-hydrogen) atoms. The zero-order chi connectivity index (χ0) is 21.0. The predicted molar refractivity (Wildman–Crippen MR) is 117 cm³/mol. The van der Waals surface area contributed by atoms with Crippen LogP contribution in [0.15, 0.2) is 89.8 Å². The fourth-order valence-corrected chi connectivity index (χ4v) is 4.47. The molecule has 0 atom stereocenters. The van der Waals surface area contributed by atoms with Crippen LogP contribution in [0.3, 0.4) is 0 Å². The highest BCUT2D eigenvalue weighted by atomic mass is 32.2. The fourth-order valence-electron chi connectivity index (χ4n) is 2.64. The van der Waals surface area contributed by atoms with Crippen molar-refractivity contribution in [3.05, 3.63) is 90.5 Å². The largest absolute Gasteiger partial charge is 0.296 e. The Bertz CT molecular complexity index is 1260. The van der Waals surface area contributed by atoms with E-state index >= 15 is 0 Å². The molecule has 2 N–H and O–H groups in total. The lowest BCUT2D eigenvalue weighted by Crippen LogP contribution is -2.14. The Morgan fingerprint density at radius 1 is 0.800 bits per heavy atom. The first-order valence-corrected chi connectivity index (χ1v) is 11.2. The Morgan fingerprint density at radius 3 is 2.10 bits per heavy atom. The molecule has 150 valence electrons. The molecule has 0 bridgehead atoms. The minimum absolute atomic E-state index is 0.164. The minimum Gasteiger partial charge on any atom is -0.296 e. The zero-order valence-electron chi connectivity index (χ0n) is 15.5. The highest BCUT2D eigenvalue weighted by molar-refractivity contribution is 7.92. The van der Waals surface area contributed by atoms with Gasteiger partial charge in [0.2, 0.25) is 5.13 Å². The van der Waals surface area contributed by atoms with Crippen LogP contribution in [0.25, 0.3) is 10.6 Å². The second-order valence-electron chi connectivity index (χ2n) is 6.23. The standard InChI is InChI=1S/C21H16N4O3S2/c26-19(22-21-24-23-20(29-21)16-7-3-1-4-8-16)15-11-13-17(14-12-15)25-30(27,28)18-9-5-2-6-10-18/h1-14,25H,(H,22,24,26). The van der Waals surface area contributed by atoms with Crippen molar-refractivity contribution in [2.75, 3.05) is 10.0 Å². The number of amides is 1. The zero-order valence-corrected chi connectivity index (χ0v) is 17.2. The molecule has 0 spiro atoms. The molecule has 4 aromatic rings. The van der Waals surface area contributed by atoms with Crippen molar-refractivity contribution < 1.29 is 13.2 Å². The van der Waals surface area contributed by atoms with E-state index in [4.69, 9.17) is 0 Å². The summed E-state index contributed by atoms with van der Waals surface area (Å²) >= 11 is 1.27. The van der Waals surface area contributed by atoms with Gasteiger partial charge >= 0.3 is 0 Å². The number of carbonyl (C=O) groups is 1. The van der Waals surface area contributed by atoms with E-state index in [1.54, 1.807) is 18.2 Å². The van der Waals surface area contributed by atoms with Crippen LogP contribution in [-0.2, 0) is 10.0 Å². The fraction of sp³-hybridized carbons (Fsp3) is 0. The van der Waals surface area contributed by atoms with Crippen molar-refractivity contribution in [3.63, 3.8) is 0 Å². The van der Waals surface area contributed by atoms with Gasteiger partial charge in [-0.1, -0.05) is 59.9 Å². The summed E-state index contributed by atoms with van der Waals surface area (Å²) in [6, 6.07) is 23.8. The number of sulfonamides is 1. The molecular weight excluding hydrogens is 420 g/mol. The van der Waals surface area contributed by atoms with Gasteiger partial charge in [0.15, 0.2) is 0 Å². The topological polar surface area (TPSA) is 101 Å². The number of benzene rings is 3. The molecule has 1 aromatic heterocycles. The average molecular weight is 437 g/mol. The second-order valence-corrected chi connectivity index (χ2v) is 8.89. The number of aromatic nitrogens is 2. The van der Waals surface area contributed by atoms with Crippen molar-refractivity contribution in [1.29, 1.82) is 0 Å². The predicted octanol–water partition coefficient (Wildman–Crippen LogP) is 4.26. The summed E-state index contributed by atoms with van der Waals surface area (Å²) in [4.78, 5) is 12.6. The van der Waals surface area contributed by atoms with E-state index in [0.717, 1.165) is 5.56 Å². The number of carbonyl (C=O) groups excluding carboxylic acids is 1. The van der Waals surface area contributed by atoms with Crippen LogP contribution in [0.4, 0.5) is 10.8 Å². The van der Waals surface area contributed by atoms with Crippen LogP contribution in [-0.4, -0.2) is 24.5 Å². The molecule has 0 fully saturated rings. The van der Waals surface area contributed by atoms with Gasteiger partial charge in [-0.3, -0.25) is 14.8 Å². The monoisotopic (exact) mass is 436 g/mol. The molecule has 0 aliphatic rings. The van der Waals surface area contributed by atoms with Crippen molar-refractivity contribution >= 4 is 38.1 Å². The summed E-state index contributed by atoms with van der Waals surface area (Å²) in [6.45, 7) is 0. The highest BCUT2D eigenvalue weighted by Crippen LogP contribution is 2.26. The van der Waals surface area contributed by atoms with Crippen molar-refractivity contribution in [2.45, 2.75) is 4.90 Å². The molecule has 0 aliphatic carbocycles. The molecule has 0 radical (unpaired) electrons. The van der Waals surface area contributed by atoms with Gasteiger partial charge in [-0.2, -0.15) is 0 Å². The SMILES string of the molecule is O=C(Nc1nnc(-c2ccccc2)s1)c1ccc(NS(=O)(=O)c2ccccc2)cc1. The van der Waals surface area contributed by atoms with E-state index in [2.05, 4.69) is 20.2 Å². The van der Waals surface area contributed by atoms with E-state index in [0.29, 0.717) is 21.4 Å². The number of hydrogen-bond donors (Lipinski definition) is 2. The average Bonchev–Trinajstić information content (AvgIpc) is 3.24. The lowest BCUT2D eigenvalue weighted by atomic mass is 10.2. The number of hydrogen-bond acceptors (Lipinski definition) is 6. The van der Waals surface area contributed by atoms with E-state index in [9.17, 15) is 13.2 Å². The lowest BCUT2D eigenvalue weighted by molar-refractivity contribution is 0.102. The van der Waals surface area contributed by atoms with Crippen LogP contribution in [0, 0.1) is 0 Å². The normalized spacial score (nSPS) is 11.1. The molecule has 4 rings (SSSR count). The first-order valence-electron chi connectivity index (χ1n) is 8.89. The van der Waals surface area contributed by atoms with E-state index in [1.165, 1.54) is 47.7 Å². The van der Waals surface area contributed by atoms with Gasteiger partial charge in [0, 0.05) is 16.8 Å². The molecule has 0 saturated heterocycles. The molecule has 0 aliphatic heterocycles. The minimum atomic E-state index is -3.69. The Hall–Kier alpha value is -3.56. The molecule has 1 heterocycles. The number of nitrogens with one attached hydrogen (secondary N) is 2. The first-order chi connectivity index (χ1) is 14.5. The van der Waals surface area contributed by atoms with Gasteiger partial charge in [-0.05, 0) is 36.4 Å². The van der Waals surface area contributed by atoms with Gasteiger partial charge in [-0.25, -0.2) is 8.42 Å². The third-order valence-electron chi connectivity index (χ3n) is 4.12. The second kappa shape index (κ2) is 8.44. The van der Waals surface area contributed by atoms with E-state index < -0.39 is 10.0 Å². The first kappa shape index (κ1) is 19.7. The summed E-state index contributed by atoms with van der Waals surface area (Å²) in [5.74, 6) is -0.358. The number of nitrogens with zero attached hydrogens (tertiary/aromatic N) is 2. The molecule has 3 aromatic carbocycles. The highest BCUT2D eigenvalue weighted by Gasteiger charge is 2.15. The lowest BCUT2D eigenvalue weighted by Gasteiger charge is -2.08. The van der Waals surface area contributed by atoms with Gasteiger partial charge in [0.05, 0.1) is 4.90 Å². The molecule has 1 amide bonds. The van der Waals surface area contributed by atoms with Crippen LogP contribution in [0.5, 0.6) is 0 Å². The van der Waals surface area contributed by atoms with Gasteiger partial charge in [0.25, 0.3) is 15.9 Å². The maximum absolute atomic E-state index is 12.5. The van der Waals surface area contributed by atoms with Gasteiger partial charge in [0.1, 0.15) is 5.01 Å². The van der Waals surface area contributed by atoms with Crippen LogP contribution >= 0.6 is 11.3 Å².